The maximum atomic E-state index is 12.7. The number of aromatic nitrogens is 1. The summed E-state index contributed by atoms with van der Waals surface area (Å²) in [7, 11) is -3.10. The highest BCUT2D eigenvalue weighted by Crippen LogP contribution is 2.22. The number of nitrogens with zero attached hydrogens (tertiary/aromatic N) is 1. The smallest absolute Gasteiger partial charge is 0.306 e. The van der Waals surface area contributed by atoms with Gasteiger partial charge < -0.3 is 14.6 Å². The van der Waals surface area contributed by atoms with E-state index in [2.05, 4.69) is 4.98 Å². The molecule has 1 aromatic heterocycles. The fourth-order valence-electron chi connectivity index (χ4n) is 3.86. The third-order valence-electron chi connectivity index (χ3n) is 5.59. The zero-order chi connectivity index (χ0) is 21.0. The van der Waals surface area contributed by atoms with Gasteiger partial charge >= 0.3 is 5.97 Å². The van der Waals surface area contributed by atoms with Crippen LogP contribution in [0.4, 0.5) is 0 Å². The molecule has 7 nitrogen and oxygen atoms in total. The Kier molecular flexibility index (Phi) is 6.62. The van der Waals surface area contributed by atoms with E-state index in [0.717, 1.165) is 16.5 Å². The van der Waals surface area contributed by atoms with Crippen LogP contribution in [0.3, 0.4) is 0 Å². The molecule has 2 heterocycles. The molecule has 8 heteroatoms. The largest absolute Gasteiger partial charge is 0.456 e. The summed E-state index contributed by atoms with van der Waals surface area (Å²) in [5.41, 5.74) is 2.04. The standard InChI is InChI=1S/C21H28N2O5S/c1-3-15(2)23(17-10-11-29(26,27)14-17)20(24)13-28-21(25)9-8-16-12-22-19-7-5-4-6-18(16)19/h4-7,12,15,17,22H,3,8-11,13-14H2,1-2H3/t15-,17-/m0/s1. The van der Waals surface area contributed by atoms with Crippen LogP contribution in [0.5, 0.6) is 0 Å². The van der Waals surface area contributed by atoms with E-state index >= 15 is 0 Å². The SMILES string of the molecule is CC[C@H](C)N(C(=O)COC(=O)CCc1c[nH]c2ccccc12)[C@H]1CCS(=O)(=O)C1. The molecule has 0 bridgehead atoms. The molecule has 1 aromatic carbocycles. The van der Waals surface area contributed by atoms with Gasteiger partial charge in [0, 0.05) is 35.6 Å². The summed E-state index contributed by atoms with van der Waals surface area (Å²) < 4.78 is 28.8. The minimum absolute atomic E-state index is 0.0163. The maximum Gasteiger partial charge on any atom is 0.306 e. The van der Waals surface area contributed by atoms with Gasteiger partial charge in [0.05, 0.1) is 11.5 Å². The number of carbonyl (C=O) groups is 2. The van der Waals surface area contributed by atoms with Gasteiger partial charge in [-0.15, -0.1) is 0 Å². The summed E-state index contributed by atoms with van der Waals surface area (Å²) in [6, 6.07) is 7.42. The van der Waals surface area contributed by atoms with Gasteiger partial charge in [-0.1, -0.05) is 25.1 Å². The van der Waals surface area contributed by atoms with E-state index in [1.165, 1.54) is 0 Å². The van der Waals surface area contributed by atoms with Crippen LogP contribution in [0.1, 0.15) is 38.7 Å². The van der Waals surface area contributed by atoms with E-state index < -0.39 is 15.8 Å². The van der Waals surface area contributed by atoms with Crippen molar-refractivity contribution in [1.82, 2.24) is 9.88 Å². The Morgan fingerprint density at radius 1 is 1.31 bits per heavy atom. The third-order valence-corrected chi connectivity index (χ3v) is 7.34. The second-order valence-corrected chi connectivity index (χ2v) is 9.86. The van der Waals surface area contributed by atoms with Crippen molar-refractivity contribution in [3.63, 3.8) is 0 Å². The first-order chi connectivity index (χ1) is 13.8. The van der Waals surface area contributed by atoms with Crippen LogP contribution >= 0.6 is 0 Å². The summed E-state index contributed by atoms with van der Waals surface area (Å²) in [4.78, 5) is 29.6. The normalized spacial score (nSPS) is 19.2. The van der Waals surface area contributed by atoms with Gasteiger partial charge in [-0.2, -0.15) is 0 Å². The molecule has 158 valence electrons. The minimum atomic E-state index is -3.10. The first-order valence-electron chi connectivity index (χ1n) is 10.0. The van der Waals surface area contributed by atoms with Crippen LogP contribution in [-0.2, 0) is 30.6 Å². The Bertz CT molecular complexity index is 982. The number of amides is 1. The Labute approximate surface area is 171 Å². The van der Waals surface area contributed by atoms with Crippen molar-refractivity contribution in [3.8, 4) is 0 Å². The van der Waals surface area contributed by atoms with Gasteiger partial charge in [0.15, 0.2) is 16.4 Å². The first kappa shape index (κ1) is 21.4. The number of hydrogen-bond acceptors (Lipinski definition) is 5. The van der Waals surface area contributed by atoms with E-state index in [0.29, 0.717) is 19.3 Å². The lowest BCUT2D eigenvalue weighted by molar-refractivity contribution is -0.154. The summed E-state index contributed by atoms with van der Waals surface area (Å²) in [6.07, 6.45) is 3.72. The highest BCUT2D eigenvalue weighted by atomic mass is 32.2. The number of fused-ring (bicyclic) bond motifs is 1. The molecule has 2 atom stereocenters. The molecule has 1 fully saturated rings. The predicted molar refractivity (Wildman–Crippen MR) is 111 cm³/mol. The van der Waals surface area contributed by atoms with Gasteiger partial charge in [-0.25, -0.2) is 8.42 Å². The van der Waals surface area contributed by atoms with Crippen molar-refractivity contribution in [2.45, 2.75) is 51.6 Å². The highest BCUT2D eigenvalue weighted by Gasteiger charge is 2.36. The van der Waals surface area contributed by atoms with Crippen molar-refractivity contribution >= 4 is 32.6 Å². The second kappa shape index (κ2) is 8.98. The number of aryl methyl sites for hydroxylation is 1. The van der Waals surface area contributed by atoms with Gasteiger partial charge in [0.2, 0.25) is 0 Å². The zero-order valence-corrected chi connectivity index (χ0v) is 17.7. The lowest BCUT2D eigenvalue weighted by Crippen LogP contribution is -2.48. The third kappa shape index (κ3) is 5.18. The molecule has 0 unspecified atom stereocenters. The van der Waals surface area contributed by atoms with E-state index in [-0.39, 0.29) is 42.5 Å². The van der Waals surface area contributed by atoms with Gasteiger partial charge in [0.25, 0.3) is 5.91 Å². The minimum Gasteiger partial charge on any atom is -0.456 e. The lowest BCUT2D eigenvalue weighted by Gasteiger charge is -2.33. The lowest BCUT2D eigenvalue weighted by atomic mass is 10.1. The van der Waals surface area contributed by atoms with Crippen molar-refractivity contribution < 1.29 is 22.7 Å². The number of H-pyrrole nitrogens is 1. The molecular formula is C21H28N2O5S. The molecule has 0 spiro atoms. The number of ether oxygens (including phenoxy) is 1. The molecule has 1 N–H and O–H groups in total. The molecule has 1 aliphatic rings. The van der Waals surface area contributed by atoms with Gasteiger partial charge in [-0.3, -0.25) is 9.59 Å². The van der Waals surface area contributed by atoms with Crippen molar-refractivity contribution in [3.05, 3.63) is 36.0 Å². The molecule has 0 radical (unpaired) electrons. The molecule has 0 aliphatic carbocycles. The fraction of sp³-hybridized carbons (Fsp3) is 0.524. The average molecular weight is 421 g/mol. The summed E-state index contributed by atoms with van der Waals surface area (Å²) in [5, 5.41) is 1.07. The molecule has 1 aliphatic heterocycles. The fourth-order valence-corrected chi connectivity index (χ4v) is 5.58. The predicted octanol–water partition coefficient (Wildman–Crippen LogP) is 2.46. The Balaban J connectivity index is 1.54. The quantitative estimate of drug-likeness (QED) is 0.662. The van der Waals surface area contributed by atoms with Crippen LogP contribution in [0.2, 0.25) is 0 Å². The van der Waals surface area contributed by atoms with Crippen LogP contribution in [-0.4, -0.2) is 60.4 Å². The number of nitrogens with one attached hydrogen (secondary N) is 1. The number of hydrogen-bond donors (Lipinski definition) is 1. The Hall–Kier alpha value is -2.35. The highest BCUT2D eigenvalue weighted by molar-refractivity contribution is 7.91. The number of sulfone groups is 1. The van der Waals surface area contributed by atoms with Crippen LogP contribution in [0, 0.1) is 0 Å². The Morgan fingerprint density at radius 2 is 2.07 bits per heavy atom. The zero-order valence-electron chi connectivity index (χ0n) is 16.9. The van der Waals surface area contributed by atoms with E-state index in [1.54, 1.807) is 4.90 Å². The number of esters is 1. The van der Waals surface area contributed by atoms with Gasteiger partial charge in [-0.05, 0) is 37.8 Å². The van der Waals surface area contributed by atoms with Crippen LogP contribution < -0.4 is 0 Å². The number of carbonyl (C=O) groups excluding carboxylic acids is 2. The average Bonchev–Trinajstić information content (AvgIpc) is 3.27. The molecule has 29 heavy (non-hydrogen) atoms. The summed E-state index contributed by atoms with van der Waals surface area (Å²) in [5.74, 6) is -0.687. The van der Waals surface area contributed by atoms with Crippen LogP contribution in [0.15, 0.2) is 30.5 Å². The monoisotopic (exact) mass is 420 g/mol. The van der Waals surface area contributed by atoms with E-state index in [9.17, 15) is 18.0 Å². The van der Waals surface area contributed by atoms with Gasteiger partial charge in [0.1, 0.15) is 0 Å². The maximum absolute atomic E-state index is 12.7. The molecule has 2 aromatic rings. The molecule has 3 rings (SSSR count). The van der Waals surface area contributed by atoms with E-state index in [4.69, 9.17) is 4.74 Å². The summed E-state index contributed by atoms with van der Waals surface area (Å²) >= 11 is 0. The Morgan fingerprint density at radius 3 is 2.76 bits per heavy atom. The number of aromatic amines is 1. The van der Waals surface area contributed by atoms with Crippen molar-refractivity contribution in [1.29, 1.82) is 0 Å². The molecule has 1 amide bonds. The second-order valence-electron chi connectivity index (χ2n) is 7.64. The first-order valence-corrected chi connectivity index (χ1v) is 11.8. The van der Waals surface area contributed by atoms with E-state index in [1.807, 2.05) is 44.3 Å². The number of rotatable bonds is 8. The van der Waals surface area contributed by atoms with Crippen molar-refractivity contribution in [2.75, 3.05) is 18.1 Å². The summed E-state index contributed by atoms with van der Waals surface area (Å²) in [6.45, 7) is 3.48. The number of para-hydroxylation sites is 1. The topological polar surface area (TPSA) is 96.5 Å². The molecular weight excluding hydrogens is 392 g/mol. The molecule has 0 saturated carbocycles. The van der Waals surface area contributed by atoms with Crippen molar-refractivity contribution in [2.24, 2.45) is 0 Å². The molecule has 1 saturated heterocycles. The van der Waals surface area contributed by atoms with Crippen LogP contribution in [0.25, 0.3) is 10.9 Å². The number of benzene rings is 1.